The first kappa shape index (κ1) is 19.8. The van der Waals surface area contributed by atoms with E-state index < -0.39 is 8.32 Å². The Morgan fingerprint density at radius 1 is 1.00 bits per heavy atom. The number of ketones is 1. The summed E-state index contributed by atoms with van der Waals surface area (Å²) in [6, 6.07) is 14.6. The molecular weight excluding hydrogens is 340 g/mol. The Balaban J connectivity index is 2.25. The molecule has 2 aromatic rings. The molecular formula is C22H26O3Si. The van der Waals surface area contributed by atoms with Crippen LogP contribution in [0, 0.1) is 11.8 Å². The van der Waals surface area contributed by atoms with E-state index in [2.05, 4.69) is 45.7 Å². The predicted octanol–water partition coefficient (Wildman–Crippen LogP) is 5.31. The number of carbonyl (C=O) groups excluding carboxylic acids is 1. The van der Waals surface area contributed by atoms with Gasteiger partial charge < -0.3 is 9.16 Å². The first-order valence-corrected chi connectivity index (χ1v) is 11.5. The van der Waals surface area contributed by atoms with Crippen LogP contribution in [0.25, 0.3) is 0 Å². The fraction of sp³-hybridized carbons (Fsp3) is 0.318. The predicted molar refractivity (Wildman–Crippen MR) is 108 cm³/mol. The summed E-state index contributed by atoms with van der Waals surface area (Å²) in [5.41, 5.74) is 1.30. The summed E-state index contributed by atoms with van der Waals surface area (Å²) >= 11 is 0. The summed E-state index contributed by atoms with van der Waals surface area (Å²) in [5, 5.41) is 0.0958. The minimum Gasteiger partial charge on any atom is -0.541 e. The van der Waals surface area contributed by atoms with Gasteiger partial charge in [-0.05, 0) is 42.3 Å². The largest absolute Gasteiger partial charge is 0.541 e. The second-order valence-corrected chi connectivity index (χ2v) is 12.4. The number of carbonyl (C=O) groups is 1. The molecule has 0 aliphatic carbocycles. The Bertz CT molecular complexity index is 837. The molecule has 0 spiro atoms. The number of ether oxygens (including phenoxy) is 1. The zero-order valence-electron chi connectivity index (χ0n) is 16.3. The highest BCUT2D eigenvalue weighted by molar-refractivity contribution is 6.74. The molecule has 0 fully saturated rings. The van der Waals surface area contributed by atoms with Crippen LogP contribution in [0.15, 0.2) is 48.5 Å². The molecule has 0 saturated heterocycles. The molecule has 0 N–H and O–H groups in total. The molecule has 4 heteroatoms. The van der Waals surface area contributed by atoms with Gasteiger partial charge >= 0.3 is 0 Å². The maximum atomic E-state index is 12.1. The minimum absolute atomic E-state index is 0.0958. The average Bonchev–Trinajstić information content (AvgIpc) is 2.60. The zero-order chi connectivity index (χ0) is 19.4. The zero-order valence-corrected chi connectivity index (χ0v) is 17.3. The van der Waals surface area contributed by atoms with Crippen LogP contribution in [0.1, 0.15) is 36.7 Å². The molecule has 0 aliphatic rings. The first-order valence-electron chi connectivity index (χ1n) is 8.62. The summed E-state index contributed by atoms with van der Waals surface area (Å²) in [4.78, 5) is 12.1. The van der Waals surface area contributed by atoms with Gasteiger partial charge in [0, 0.05) is 11.1 Å². The maximum absolute atomic E-state index is 12.1. The van der Waals surface area contributed by atoms with E-state index in [0.29, 0.717) is 16.9 Å². The molecule has 0 aliphatic heterocycles. The van der Waals surface area contributed by atoms with Crippen molar-refractivity contribution in [1.29, 1.82) is 0 Å². The molecule has 2 aromatic carbocycles. The lowest BCUT2D eigenvalue weighted by atomic mass is 10.1. The van der Waals surface area contributed by atoms with Crippen LogP contribution in [0.5, 0.6) is 11.5 Å². The number of rotatable bonds is 4. The highest BCUT2D eigenvalue weighted by atomic mass is 28.4. The van der Waals surface area contributed by atoms with Crippen molar-refractivity contribution in [2.75, 3.05) is 7.11 Å². The molecule has 0 saturated carbocycles. The lowest BCUT2D eigenvalue weighted by Crippen LogP contribution is -2.43. The van der Waals surface area contributed by atoms with Gasteiger partial charge in [0.15, 0.2) is 5.75 Å². The Hall–Kier alpha value is -2.51. The first-order chi connectivity index (χ1) is 12.1. The number of hydrogen-bond donors (Lipinski definition) is 0. The fourth-order valence-electron chi connectivity index (χ4n) is 2.05. The van der Waals surface area contributed by atoms with Crippen molar-refractivity contribution in [3.63, 3.8) is 0 Å². The van der Waals surface area contributed by atoms with Crippen molar-refractivity contribution < 1.29 is 14.0 Å². The lowest BCUT2D eigenvalue weighted by Gasteiger charge is -2.36. The summed E-state index contributed by atoms with van der Waals surface area (Å²) in [6.07, 6.45) is 0. The number of benzene rings is 2. The second kappa shape index (κ2) is 7.80. The molecule has 0 atom stereocenters. The van der Waals surface area contributed by atoms with E-state index in [4.69, 9.17) is 9.16 Å². The number of methoxy groups -OCH3 is 1. The van der Waals surface area contributed by atoms with Crippen molar-refractivity contribution in [3.8, 4) is 23.3 Å². The highest BCUT2D eigenvalue weighted by Gasteiger charge is 2.39. The van der Waals surface area contributed by atoms with Gasteiger partial charge in [-0.15, -0.1) is 0 Å². The van der Waals surface area contributed by atoms with Gasteiger partial charge in [-0.3, -0.25) is 4.79 Å². The van der Waals surface area contributed by atoms with Crippen molar-refractivity contribution in [2.24, 2.45) is 0 Å². The molecule has 0 radical (unpaired) electrons. The van der Waals surface area contributed by atoms with E-state index in [9.17, 15) is 4.79 Å². The highest BCUT2D eigenvalue weighted by Crippen LogP contribution is 2.40. The topological polar surface area (TPSA) is 35.5 Å². The van der Waals surface area contributed by atoms with Gasteiger partial charge in [-0.25, -0.2) is 0 Å². The van der Waals surface area contributed by atoms with Crippen molar-refractivity contribution in [2.45, 2.75) is 38.9 Å². The van der Waals surface area contributed by atoms with E-state index in [1.807, 2.05) is 36.4 Å². The van der Waals surface area contributed by atoms with E-state index in [0.717, 1.165) is 5.75 Å². The third-order valence-electron chi connectivity index (χ3n) is 4.69. The molecule has 0 aromatic heterocycles. The van der Waals surface area contributed by atoms with Gasteiger partial charge in [-0.1, -0.05) is 57.0 Å². The van der Waals surface area contributed by atoms with Gasteiger partial charge in [0.2, 0.25) is 5.78 Å². The van der Waals surface area contributed by atoms with Gasteiger partial charge in [0.1, 0.15) is 5.75 Å². The van der Waals surface area contributed by atoms with Crippen molar-refractivity contribution in [3.05, 3.63) is 59.7 Å². The monoisotopic (exact) mass is 366 g/mol. The number of Topliss-reactive ketones (excluding diaryl/α,β-unsaturated/α-hetero) is 1. The smallest absolute Gasteiger partial charge is 0.250 e. The van der Waals surface area contributed by atoms with Crippen molar-refractivity contribution >= 4 is 14.1 Å². The van der Waals surface area contributed by atoms with Crippen LogP contribution in [0.4, 0.5) is 0 Å². The molecule has 0 amide bonds. The van der Waals surface area contributed by atoms with E-state index >= 15 is 0 Å². The third-order valence-corrected chi connectivity index (χ3v) is 9.03. The second-order valence-electron chi connectivity index (χ2n) is 7.67. The van der Waals surface area contributed by atoms with E-state index in [-0.39, 0.29) is 10.8 Å². The summed E-state index contributed by atoms with van der Waals surface area (Å²) in [6.45, 7) is 11.0. The Morgan fingerprint density at radius 3 is 2.23 bits per heavy atom. The Morgan fingerprint density at radius 2 is 1.65 bits per heavy atom. The summed E-state index contributed by atoms with van der Waals surface area (Å²) in [7, 11) is -0.350. The molecule has 136 valence electrons. The standard InChI is InChI=1S/C22H26O3Si/c1-22(2,3)26(5,6)25-20-15-13-17(16-21(20)24-4)12-14-19(23)18-10-8-7-9-11-18/h7-11,13,15-16H,1-6H3. The normalized spacial score (nSPS) is 11.3. The van der Waals surface area contributed by atoms with Crippen LogP contribution in [0.2, 0.25) is 18.1 Å². The van der Waals surface area contributed by atoms with Gasteiger partial charge in [0.05, 0.1) is 7.11 Å². The van der Waals surface area contributed by atoms with Crippen molar-refractivity contribution in [1.82, 2.24) is 0 Å². The third kappa shape index (κ3) is 4.77. The molecule has 0 heterocycles. The van der Waals surface area contributed by atoms with Gasteiger partial charge in [-0.2, -0.15) is 0 Å². The average molecular weight is 367 g/mol. The quantitative estimate of drug-likeness (QED) is 0.418. The van der Waals surface area contributed by atoms with E-state index in [1.54, 1.807) is 19.2 Å². The molecule has 0 unspecified atom stereocenters. The van der Waals surface area contributed by atoms with E-state index in [1.165, 1.54) is 0 Å². The lowest BCUT2D eigenvalue weighted by molar-refractivity contribution is 0.105. The molecule has 2 rings (SSSR count). The fourth-order valence-corrected chi connectivity index (χ4v) is 3.07. The van der Waals surface area contributed by atoms with Crippen LogP contribution in [0.3, 0.4) is 0 Å². The van der Waals surface area contributed by atoms with Crippen LogP contribution < -0.4 is 9.16 Å². The summed E-state index contributed by atoms with van der Waals surface area (Å²) < 4.78 is 11.8. The Kier molecular flexibility index (Phi) is 5.94. The van der Waals surface area contributed by atoms with Crippen LogP contribution >= 0.6 is 0 Å². The van der Waals surface area contributed by atoms with Crippen LogP contribution in [-0.4, -0.2) is 21.2 Å². The summed E-state index contributed by atoms with van der Waals surface area (Å²) in [5.74, 6) is 6.75. The maximum Gasteiger partial charge on any atom is 0.250 e. The van der Waals surface area contributed by atoms with Crippen LogP contribution in [-0.2, 0) is 0 Å². The number of hydrogen-bond acceptors (Lipinski definition) is 3. The minimum atomic E-state index is -1.96. The molecule has 26 heavy (non-hydrogen) atoms. The van der Waals surface area contributed by atoms with Gasteiger partial charge in [0.25, 0.3) is 8.32 Å². The Labute approximate surface area is 157 Å². The SMILES string of the molecule is COc1cc(C#CC(=O)c2ccccc2)ccc1O[Si](C)(C)C(C)(C)C. The molecule has 3 nitrogen and oxygen atoms in total. The molecule has 0 bridgehead atoms.